The third kappa shape index (κ3) is 3.04. The summed E-state index contributed by atoms with van der Waals surface area (Å²) in [5.41, 5.74) is 3.60. The number of halogens is 1. The van der Waals surface area contributed by atoms with Gasteiger partial charge in [-0.05, 0) is 33.6 Å². The zero-order valence-corrected chi connectivity index (χ0v) is 13.7. The number of rotatable bonds is 4. The number of benzene rings is 1. The Morgan fingerprint density at radius 2 is 2.05 bits per heavy atom. The molecule has 1 aliphatic rings. The number of hydrogen-bond donors (Lipinski definition) is 0. The number of ether oxygens (including phenoxy) is 2. The maximum absolute atomic E-state index is 5.46. The summed E-state index contributed by atoms with van der Waals surface area (Å²) in [5.74, 6) is 1.67. The molecule has 2 aromatic rings. The minimum atomic E-state index is 0.811. The molecule has 0 spiro atoms. The van der Waals surface area contributed by atoms with Crippen LogP contribution in [0.4, 0.5) is 0 Å². The Bertz CT molecular complexity index is 661. The summed E-state index contributed by atoms with van der Waals surface area (Å²) in [4.78, 5) is 6.84. The molecule has 0 unspecified atom stereocenters. The molecule has 2 heterocycles. The molecule has 0 saturated heterocycles. The standard InChI is InChI=1S/C16H17BrN2O2/c1-20-14-4-3-11(16(6-14)21-2)8-19-9-12-5-13(17)7-18-15(12)10-19/h3-7H,8-10H2,1-2H3. The molecular weight excluding hydrogens is 332 g/mol. The Hall–Kier alpha value is -1.59. The smallest absolute Gasteiger partial charge is 0.127 e. The zero-order chi connectivity index (χ0) is 14.8. The van der Waals surface area contributed by atoms with Gasteiger partial charge in [-0.25, -0.2) is 0 Å². The van der Waals surface area contributed by atoms with Crippen LogP contribution in [-0.2, 0) is 19.6 Å². The normalized spacial score (nSPS) is 14.0. The van der Waals surface area contributed by atoms with Crippen LogP contribution in [0.25, 0.3) is 0 Å². The summed E-state index contributed by atoms with van der Waals surface area (Å²) in [6.07, 6.45) is 1.86. The van der Waals surface area contributed by atoms with Gasteiger partial charge in [-0.1, -0.05) is 6.07 Å². The monoisotopic (exact) mass is 348 g/mol. The number of aromatic nitrogens is 1. The van der Waals surface area contributed by atoms with Crippen molar-refractivity contribution in [2.75, 3.05) is 14.2 Å². The molecule has 110 valence electrons. The van der Waals surface area contributed by atoms with E-state index >= 15 is 0 Å². The van der Waals surface area contributed by atoms with Gasteiger partial charge in [-0.2, -0.15) is 0 Å². The molecule has 0 atom stereocenters. The summed E-state index contributed by atoms with van der Waals surface area (Å²) < 4.78 is 11.7. The first-order valence-electron chi connectivity index (χ1n) is 6.76. The molecule has 1 aromatic carbocycles. The lowest BCUT2D eigenvalue weighted by Gasteiger charge is -2.17. The van der Waals surface area contributed by atoms with Crippen molar-refractivity contribution in [3.8, 4) is 11.5 Å². The Morgan fingerprint density at radius 3 is 2.81 bits per heavy atom. The van der Waals surface area contributed by atoms with Gasteiger partial charge in [0.05, 0.1) is 19.9 Å². The third-order valence-electron chi connectivity index (χ3n) is 3.68. The number of pyridine rings is 1. The van der Waals surface area contributed by atoms with Gasteiger partial charge in [0, 0.05) is 41.9 Å². The molecule has 21 heavy (non-hydrogen) atoms. The van der Waals surface area contributed by atoms with E-state index in [1.54, 1.807) is 14.2 Å². The molecule has 1 aromatic heterocycles. The molecule has 0 saturated carbocycles. The Balaban J connectivity index is 1.77. The second-order valence-corrected chi connectivity index (χ2v) is 6.00. The lowest BCUT2D eigenvalue weighted by molar-refractivity contribution is 0.268. The number of hydrogen-bond acceptors (Lipinski definition) is 4. The zero-order valence-electron chi connectivity index (χ0n) is 12.1. The second-order valence-electron chi connectivity index (χ2n) is 5.08. The van der Waals surface area contributed by atoms with Crippen LogP contribution in [-0.4, -0.2) is 24.1 Å². The van der Waals surface area contributed by atoms with Crippen molar-refractivity contribution in [2.24, 2.45) is 0 Å². The first kappa shape index (κ1) is 14.4. The van der Waals surface area contributed by atoms with Crippen LogP contribution >= 0.6 is 15.9 Å². The quantitative estimate of drug-likeness (QED) is 0.848. The Labute approximate surface area is 132 Å². The van der Waals surface area contributed by atoms with Crippen molar-refractivity contribution >= 4 is 15.9 Å². The van der Waals surface area contributed by atoms with Gasteiger partial charge in [0.1, 0.15) is 11.5 Å². The fraction of sp³-hybridized carbons (Fsp3) is 0.312. The van der Waals surface area contributed by atoms with Crippen molar-refractivity contribution in [1.29, 1.82) is 0 Å². The second kappa shape index (κ2) is 6.03. The van der Waals surface area contributed by atoms with Gasteiger partial charge in [-0.15, -0.1) is 0 Å². The molecule has 1 aliphatic heterocycles. The highest BCUT2D eigenvalue weighted by atomic mass is 79.9. The van der Waals surface area contributed by atoms with Crippen molar-refractivity contribution in [3.63, 3.8) is 0 Å². The van der Waals surface area contributed by atoms with Gasteiger partial charge < -0.3 is 9.47 Å². The largest absolute Gasteiger partial charge is 0.497 e. The van der Waals surface area contributed by atoms with Crippen molar-refractivity contribution < 1.29 is 9.47 Å². The lowest BCUT2D eigenvalue weighted by Crippen LogP contribution is -2.16. The molecule has 0 N–H and O–H groups in total. The summed E-state index contributed by atoms with van der Waals surface area (Å²) in [5, 5.41) is 0. The van der Waals surface area contributed by atoms with Crippen LogP contribution in [0.2, 0.25) is 0 Å². The summed E-state index contributed by atoms with van der Waals surface area (Å²) in [6.45, 7) is 2.62. The molecule has 0 fully saturated rings. The van der Waals surface area contributed by atoms with E-state index < -0.39 is 0 Å². The number of nitrogens with zero attached hydrogens (tertiary/aromatic N) is 2. The predicted molar refractivity (Wildman–Crippen MR) is 84.4 cm³/mol. The van der Waals surface area contributed by atoms with Gasteiger partial charge in [0.25, 0.3) is 0 Å². The van der Waals surface area contributed by atoms with E-state index in [0.717, 1.165) is 46.9 Å². The van der Waals surface area contributed by atoms with Crippen LogP contribution in [0.1, 0.15) is 16.8 Å². The van der Waals surface area contributed by atoms with Crippen LogP contribution in [0.5, 0.6) is 11.5 Å². The van der Waals surface area contributed by atoms with Crippen molar-refractivity contribution in [3.05, 3.63) is 51.8 Å². The summed E-state index contributed by atoms with van der Waals surface area (Å²) in [6, 6.07) is 8.10. The summed E-state index contributed by atoms with van der Waals surface area (Å²) >= 11 is 3.48. The van der Waals surface area contributed by atoms with Crippen LogP contribution < -0.4 is 9.47 Å². The predicted octanol–water partition coefficient (Wildman–Crippen LogP) is 3.38. The molecular formula is C16H17BrN2O2. The minimum Gasteiger partial charge on any atom is -0.497 e. The molecule has 4 nitrogen and oxygen atoms in total. The average Bonchev–Trinajstić information content (AvgIpc) is 2.89. The van der Waals surface area contributed by atoms with Gasteiger partial charge in [0.15, 0.2) is 0 Å². The molecule has 0 aliphatic carbocycles. The Morgan fingerprint density at radius 1 is 1.19 bits per heavy atom. The van der Waals surface area contributed by atoms with Crippen LogP contribution in [0.3, 0.4) is 0 Å². The lowest BCUT2D eigenvalue weighted by atomic mass is 10.2. The number of fused-ring (bicyclic) bond motifs is 1. The first-order valence-corrected chi connectivity index (χ1v) is 7.55. The highest BCUT2D eigenvalue weighted by molar-refractivity contribution is 9.10. The fourth-order valence-corrected chi connectivity index (χ4v) is 3.01. The molecule has 0 radical (unpaired) electrons. The van der Waals surface area contributed by atoms with Crippen molar-refractivity contribution in [2.45, 2.75) is 19.6 Å². The molecule has 3 rings (SSSR count). The SMILES string of the molecule is COc1ccc(CN2Cc3cc(Br)cnc3C2)c(OC)c1. The van der Waals surface area contributed by atoms with Crippen LogP contribution in [0.15, 0.2) is 34.9 Å². The van der Waals surface area contributed by atoms with E-state index in [-0.39, 0.29) is 0 Å². The molecule has 0 amide bonds. The van der Waals surface area contributed by atoms with Gasteiger partial charge in [0.2, 0.25) is 0 Å². The van der Waals surface area contributed by atoms with E-state index in [1.807, 2.05) is 18.3 Å². The average molecular weight is 349 g/mol. The molecule has 0 bridgehead atoms. The van der Waals surface area contributed by atoms with E-state index in [2.05, 4.69) is 37.9 Å². The highest BCUT2D eigenvalue weighted by Gasteiger charge is 2.21. The maximum Gasteiger partial charge on any atom is 0.127 e. The third-order valence-corrected chi connectivity index (χ3v) is 4.12. The van der Waals surface area contributed by atoms with Gasteiger partial charge >= 0.3 is 0 Å². The first-order chi connectivity index (χ1) is 10.2. The Kier molecular flexibility index (Phi) is 4.12. The summed E-state index contributed by atoms with van der Waals surface area (Å²) in [7, 11) is 3.35. The van der Waals surface area contributed by atoms with E-state index in [4.69, 9.17) is 9.47 Å². The number of methoxy groups -OCH3 is 2. The highest BCUT2D eigenvalue weighted by Crippen LogP contribution is 2.29. The topological polar surface area (TPSA) is 34.6 Å². The van der Waals surface area contributed by atoms with Gasteiger partial charge in [-0.3, -0.25) is 9.88 Å². The van der Waals surface area contributed by atoms with Crippen molar-refractivity contribution in [1.82, 2.24) is 9.88 Å². The van der Waals surface area contributed by atoms with E-state index in [0.29, 0.717) is 0 Å². The van der Waals surface area contributed by atoms with E-state index in [9.17, 15) is 0 Å². The van der Waals surface area contributed by atoms with E-state index in [1.165, 1.54) is 5.56 Å². The fourth-order valence-electron chi connectivity index (χ4n) is 2.63. The van der Waals surface area contributed by atoms with Crippen LogP contribution in [0, 0.1) is 0 Å². The minimum absolute atomic E-state index is 0.811. The maximum atomic E-state index is 5.46. The molecule has 5 heteroatoms.